The first-order valence-corrected chi connectivity index (χ1v) is 17.1. The van der Waals surface area contributed by atoms with E-state index in [-0.39, 0.29) is 23.0 Å². The summed E-state index contributed by atoms with van der Waals surface area (Å²) in [6.07, 6.45) is 9.34. The Morgan fingerprint density at radius 3 is 2.63 bits per heavy atom. The summed E-state index contributed by atoms with van der Waals surface area (Å²) in [5, 5.41) is 21.0. The van der Waals surface area contributed by atoms with Crippen LogP contribution >= 0.6 is 0 Å². The molecule has 0 unspecified atom stereocenters. The molecule has 1 aliphatic heterocycles. The van der Waals surface area contributed by atoms with Crippen LogP contribution in [0.3, 0.4) is 0 Å². The molecule has 0 saturated heterocycles. The number of nitrogens with one attached hydrogen (secondary N) is 2. The molecule has 0 spiro atoms. The van der Waals surface area contributed by atoms with Gasteiger partial charge in [0.2, 0.25) is 0 Å². The van der Waals surface area contributed by atoms with Crippen LogP contribution in [0.5, 0.6) is 5.75 Å². The van der Waals surface area contributed by atoms with E-state index in [0.717, 1.165) is 18.8 Å². The number of aromatic nitrogens is 5. The van der Waals surface area contributed by atoms with E-state index in [1.54, 1.807) is 48.7 Å². The van der Waals surface area contributed by atoms with E-state index in [2.05, 4.69) is 25.4 Å². The van der Waals surface area contributed by atoms with E-state index < -0.39 is 22.2 Å². The average Bonchev–Trinajstić information content (AvgIpc) is 3.73. The second-order valence-corrected chi connectivity index (χ2v) is 13.5. The minimum atomic E-state index is -3.94. The summed E-state index contributed by atoms with van der Waals surface area (Å²) in [5.41, 5.74) is 1.73. The van der Waals surface area contributed by atoms with Crippen molar-refractivity contribution in [3.05, 3.63) is 88.6 Å². The number of tetrazole rings is 1. The van der Waals surface area contributed by atoms with Gasteiger partial charge in [0.05, 0.1) is 16.7 Å². The van der Waals surface area contributed by atoms with Crippen molar-refractivity contribution in [2.45, 2.75) is 75.0 Å². The van der Waals surface area contributed by atoms with Crippen molar-refractivity contribution in [1.29, 1.82) is 0 Å². The molecule has 14 heteroatoms. The Balaban J connectivity index is 1.04. The number of anilines is 1. The van der Waals surface area contributed by atoms with Crippen LogP contribution in [0.1, 0.15) is 62.2 Å². The topological polar surface area (TPSA) is 170 Å². The summed E-state index contributed by atoms with van der Waals surface area (Å²) in [6, 6.07) is 14.3. The fourth-order valence-corrected chi connectivity index (χ4v) is 7.12. The van der Waals surface area contributed by atoms with E-state index in [0.29, 0.717) is 47.6 Å². The fraction of sp³-hybridized carbons (Fsp3) is 0.406. The number of fused-ring (bicyclic) bond motifs is 1. The minimum Gasteiger partial charge on any atom is -0.480 e. The van der Waals surface area contributed by atoms with Gasteiger partial charge >= 0.3 is 5.69 Å². The number of rotatable bonds is 12. The quantitative estimate of drug-likeness (QED) is 0.209. The van der Waals surface area contributed by atoms with Gasteiger partial charge in [-0.05, 0) is 96.1 Å². The van der Waals surface area contributed by atoms with Crippen molar-refractivity contribution in [3.63, 3.8) is 0 Å². The van der Waals surface area contributed by atoms with Gasteiger partial charge in [-0.3, -0.25) is 14.5 Å². The van der Waals surface area contributed by atoms with E-state index in [1.807, 2.05) is 0 Å². The van der Waals surface area contributed by atoms with Gasteiger partial charge in [0.1, 0.15) is 5.75 Å². The lowest BCUT2D eigenvalue weighted by Gasteiger charge is -2.26. The second-order valence-electron chi connectivity index (χ2n) is 11.8. The maximum atomic E-state index is 13.2. The van der Waals surface area contributed by atoms with E-state index in [1.165, 1.54) is 53.4 Å². The van der Waals surface area contributed by atoms with Crippen LogP contribution in [0, 0.1) is 5.92 Å². The summed E-state index contributed by atoms with van der Waals surface area (Å²) in [7, 11) is -3.94. The summed E-state index contributed by atoms with van der Waals surface area (Å²) in [4.78, 5) is 29.5. The number of hydrogen-bond donors (Lipinski definition) is 3. The van der Waals surface area contributed by atoms with Crippen molar-refractivity contribution >= 4 is 21.6 Å². The summed E-state index contributed by atoms with van der Waals surface area (Å²) < 4.78 is 37.4. The predicted molar refractivity (Wildman–Crippen MR) is 169 cm³/mol. The Morgan fingerprint density at radius 1 is 1.07 bits per heavy atom. The van der Waals surface area contributed by atoms with Gasteiger partial charge in [-0.25, -0.2) is 13.2 Å². The molecule has 6 rings (SSSR count). The fourth-order valence-electron chi connectivity index (χ4n) is 6.01. The Morgan fingerprint density at radius 2 is 1.87 bits per heavy atom. The molecule has 1 amide bonds. The van der Waals surface area contributed by atoms with Crippen molar-refractivity contribution in [2.24, 2.45) is 5.92 Å². The zero-order valence-corrected chi connectivity index (χ0v) is 26.1. The number of carbonyl (C=O) groups is 1. The number of aliphatic hydroxyl groups excluding tert-OH is 1. The first kappa shape index (κ1) is 31.4. The molecule has 3 N–H and O–H groups in total. The molecule has 13 nitrogen and oxygen atoms in total. The van der Waals surface area contributed by atoms with E-state index >= 15 is 0 Å². The SMILES string of the molecule is O=C(NC[C@H](O)c1cccnc1)[C@@H]1CCc2cc(S(=O)(=O)Nc3ccc(-n4nnn(CCCC5CCCC5)c4=O)cc3)ccc2O1. The number of sulfonamides is 1. The van der Waals surface area contributed by atoms with Crippen LogP contribution in [-0.4, -0.2) is 56.9 Å². The Kier molecular flexibility index (Phi) is 9.45. The number of carbonyl (C=O) groups excluding carboxylic acids is 1. The van der Waals surface area contributed by atoms with Crippen molar-refractivity contribution in [3.8, 4) is 11.4 Å². The highest BCUT2D eigenvalue weighted by Gasteiger charge is 2.28. The molecular formula is C32H37N7O6S. The summed E-state index contributed by atoms with van der Waals surface area (Å²) in [5.74, 6) is 0.812. The van der Waals surface area contributed by atoms with Crippen LogP contribution in [-0.2, 0) is 27.8 Å². The van der Waals surface area contributed by atoms with Crippen molar-refractivity contribution in [2.75, 3.05) is 11.3 Å². The number of aliphatic hydroxyl groups is 1. The highest BCUT2D eigenvalue weighted by atomic mass is 32.2. The molecule has 1 fully saturated rings. The van der Waals surface area contributed by atoms with Crippen LogP contribution in [0.25, 0.3) is 5.69 Å². The summed E-state index contributed by atoms with van der Waals surface area (Å²) in [6.45, 7) is 0.530. The monoisotopic (exact) mass is 647 g/mol. The highest BCUT2D eigenvalue weighted by Crippen LogP contribution is 2.31. The lowest BCUT2D eigenvalue weighted by Crippen LogP contribution is -2.42. The van der Waals surface area contributed by atoms with Crippen LogP contribution in [0.15, 0.2) is 76.7 Å². The molecule has 2 atom stereocenters. The molecule has 1 saturated carbocycles. The Hall–Kier alpha value is -4.56. The van der Waals surface area contributed by atoms with Gasteiger partial charge in [-0.1, -0.05) is 31.7 Å². The van der Waals surface area contributed by atoms with E-state index in [4.69, 9.17) is 4.74 Å². The Bertz CT molecular complexity index is 1820. The lowest BCUT2D eigenvalue weighted by molar-refractivity contribution is -0.129. The highest BCUT2D eigenvalue weighted by molar-refractivity contribution is 7.92. The lowest BCUT2D eigenvalue weighted by atomic mass is 10.0. The number of hydrogen-bond acceptors (Lipinski definition) is 9. The molecular weight excluding hydrogens is 610 g/mol. The number of pyridine rings is 1. The van der Waals surface area contributed by atoms with Gasteiger partial charge in [0, 0.05) is 36.7 Å². The smallest absolute Gasteiger partial charge is 0.368 e. The molecule has 3 heterocycles. The molecule has 2 aromatic carbocycles. The molecule has 2 aromatic heterocycles. The molecule has 0 radical (unpaired) electrons. The maximum Gasteiger partial charge on any atom is 0.368 e. The molecule has 4 aromatic rings. The zero-order valence-electron chi connectivity index (χ0n) is 25.3. The van der Waals surface area contributed by atoms with Crippen molar-refractivity contribution in [1.82, 2.24) is 30.1 Å². The second kappa shape index (κ2) is 13.8. The number of benzene rings is 2. The van der Waals surface area contributed by atoms with Crippen LogP contribution in [0.4, 0.5) is 5.69 Å². The minimum absolute atomic E-state index is 0.0122. The normalized spacial score (nSPS) is 17.2. The standard InChI is InChI=1S/C32H37N7O6S/c40-28(24-8-3-17-33-20-24)21-34-31(41)30-15-9-23-19-27(14-16-29(23)45-30)46(43,44)35-25-10-12-26(13-11-25)39-32(42)38(36-37-39)18-4-7-22-5-1-2-6-22/h3,8,10-14,16-17,19-20,22,28,30,35,40H,1-2,4-7,9,15,18,21H2,(H,34,41)/t28-,30-/m0/s1. The van der Waals surface area contributed by atoms with E-state index in [9.17, 15) is 23.1 Å². The van der Waals surface area contributed by atoms with Crippen LogP contribution < -0.4 is 20.5 Å². The maximum absolute atomic E-state index is 13.2. The van der Waals surface area contributed by atoms with Gasteiger partial charge in [-0.2, -0.15) is 9.36 Å². The number of nitrogens with zero attached hydrogens (tertiary/aromatic N) is 5. The van der Waals surface area contributed by atoms with Gasteiger partial charge in [0.25, 0.3) is 15.9 Å². The Labute approximate surface area is 266 Å². The molecule has 46 heavy (non-hydrogen) atoms. The average molecular weight is 648 g/mol. The van der Waals surface area contributed by atoms with Gasteiger partial charge in [0.15, 0.2) is 6.10 Å². The van der Waals surface area contributed by atoms with Crippen LogP contribution in [0.2, 0.25) is 0 Å². The zero-order chi connectivity index (χ0) is 32.1. The molecule has 0 bridgehead atoms. The van der Waals surface area contributed by atoms with Crippen molar-refractivity contribution < 1.29 is 23.1 Å². The van der Waals surface area contributed by atoms with Gasteiger partial charge < -0.3 is 15.2 Å². The molecule has 1 aliphatic carbocycles. The van der Waals surface area contributed by atoms with Gasteiger partial charge in [-0.15, -0.1) is 0 Å². The third-order valence-electron chi connectivity index (χ3n) is 8.58. The first-order chi connectivity index (χ1) is 22.3. The third-order valence-corrected chi connectivity index (χ3v) is 9.96. The number of amides is 1. The largest absolute Gasteiger partial charge is 0.480 e. The predicted octanol–water partition coefficient (Wildman–Crippen LogP) is 3.14. The number of ether oxygens (including phenoxy) is 1. The number of aryl methyl sites for hydroxylation is 2. The first-order valence-electron chi connectivity index (χ1n) is 15.6. The summed E-state index contributed by atoms with van der Waals surface area (Å²) >= 11 is 0. The third kappa shape index (κ3) is 7.29. The molecule has 242 valence electrons. The molecule has 2 aliphatic rings.